The Bertz CT molecular complexity index is 789. The molecule has 0 aromatic heterocycles. The highest BCUT2D eigenvalue weighted by molar-refractivity contribution is 6.06. The van der Waals surface area contributed by atoms with E-state index < -0.39 is 11.6 Å². The summed E-state index contributed by atoms with van der Waals surface area (Å²) >= 11 is 0. The van der Waals surface area contributed by atoms with Crippen molar-refractivity contribution < 1.29 is 19.5 Å². The number of likely N-dealkylation sites (N-methyl/N-ethyl adjacent to an activating group) is 1. The number of amides is 4. The van der Waals surface area contributed by atoms with Gasteiger partial charge in [0.05, 0.1) is 6.10 Å². The number of hydrogen-bond donors (Lipinski definition) is 1. The van der Waals surface area contributed by atoms with Crippen molar-refractivity contribution in [1.82, 2.24) is 14.7 Å². The van der Waals surface area contributed by atoms with E-state index in [0.717, 1.165) is 24.8 Å². The molecule has 1 aromatic rings. The molecule has 1 N–H and O–H groups in total. The number of likely N-dealkylation sites (tertiary alicyclic amines) is 1. The Morgan fingerprint density at radius 2 is 1.83 bits per heavy atom. The molecule has 1 aromatic carbocycles. The Morgan fingerprint density at radius 1 is 1.14 bits per heavy atom. The maximum atomic E-state index is 13.0. The smallest absolute Gasteiger partial charge is 0.327 e. The molecule has 1 aliphatic carbocycles. The molecule has 2 heterocycles. The first-order chi connectivity index (χ1) is 13.9. The third-order valence-electron chi connectivity index (χ3n) is 6.82. The van der Waals surface area contributed by atoms with E-state index in [9.17, 15) is 19.5 Å². The molecule has 7 nitrogen and oxygen atoms in total. The summed E-state index contributed by atoms with van der Waals surface area (Å²) < 4.78 is 0. The van der Waals surface area contributed by atoms with Crippen LogP contribution in [0.1, 0.15) is 44.1 Å². The minimum Gasteiger partial charge on any atom is -0.393 e. The number of nitrogens with zero attached hydrogens (tertiary/aromatic N) is 3. The fourth-order valence-electron chi connectivity index (χ4n) is 5.09. The van der Waals surface area contributed by atoms with E-state index in [2.05, 4.69) is 0 Å². The van der Waals surface area contributed by atoms with Gasteiger partial charge in [-0.05, 0) is 37.7 Å². The Hall–Kier alpha value is -2.41. The molecule has 29 heavy (non-hydrogen) atoms. The van der Waals surface area contributed by atoms with E-state index >= 15 is 0 Å². The van der Waals surface area contributed by atoms with E-state index in [1.54, 1.807) is 11.9 Å². The van der Waals surface area contributed by atoms with Gasteiger partial charge in [0, 0.05) is 32.6 Å². The average Bonchev–Trinajstić information content (AvgIpc) is 2.91. The summed E-state index contributed by atoms with van der Waals surface area (Å²) in [6, 6.07) is 9.42. The Morgan fingerprint density at radius 3 is 2.48 bits per heavy atom. The van der Waals surface area contributed by atoms with E-state index in [1.807, 2.05) is 35.2 Å². The minimum absolute atomic E-state index is 0.0818. The molecule has 4 rings (SSSR count). The van der Waals surface area contributed by atoms with E-state index in [-0.39, 0.29) is 23.8 Å². The molecular weight excluding hydrogens is 370 g/mol. The Labute approximate surface area is 171 Å². The van der Waals surface area contributed by atoms with Gasteiger partial charge in [-0.2, -0.15) is 0 Å². The summed E-state index contributed by atoms with van der Waals surface area (Å²) in [6.45, 7) is 1.31. The second-order valence-corrected chi connectivity index (χ2v) is 8.59. The van der Waals surface area contributed by atoms with Crippen LogP contribution in [0.4, 0.5) is 4.79 Å². The normalized spacial score (nSPS) is 27.0. The number of benzene rings is 1. The molecule has 3 fully saturated rings. The topological polar surface area (TPSA) is 81.2 Å². The van der Waals surface area contributed by atoms with Crippen LogP contribution in [0.2, 0.25) is 0 Å². The summed E-state index contributed by atoms with van der Waals surface area (Å²) in [5.74, 6) is -0.214. The number of rotatable bonds is 3. The number of piperidine rings is 1. The quantitative estimate of drug-likeness (QED) is 0.789. The number of aliphatic hydroxyl groups is 1. The lowest BCUT2D eigenvalue weighted by Gasteiger charge is -2.43. The van der Waals surface area contributed by atoms with Gasteiger partial charge in [-0.25, -0.2) is 4.79 Å². The van der Waals surface area contributed by atoms with Crippen molar-refractivity contribution in [3.8, 4) is 0 Å². The molecule has 156 valence electrons. The van der Waals surface area contributed by atoms with E-state index in [1.165, 1.54) is 4.90 Å². The second kappa shape index (κ2) is 7.78. The predicted molar refractivity (Wildman–Crippen MR) is 107 cm³/mol. The first-order valence-electron chi connectivity index (χ1n) is 10.5. The van der Waals surface area contributed by atoms with Crippen molar-refractivity contribution in [2.45, 2.75) is 56.7 Å². The van der Waals surface area contributed by atoms with Crippen LogP contribution in [0, 0.1) is 5.92 Å². The monoisotopic (exact) mass is 399 g/mol. The standard InChI is InChI=1S/C22H29N3O4/c1-23-20(28)22(25(21(23)29)15-16-6-3-2-4-7-16)10-12-24(13-11-22)19(27)17-8-5-9-18(26)14-17/h2-4,6-7,17-18,26H,5,8-15H2,1H3/t17-,18-/m0/s1. The van der Waals surface area contributed by atoms with Gasteiger partial charge in [-0.1, -0.05) is 36.8 Å². The van der Waals surface area contributed by atoms with Crippen molar-refractivity contribution in [3.63, 3.8) is 0 Å². The summed E-state index contributed by atoms with van der Waals surface area (Å²) in [5, 5.41) is 9.90. The van der Waals surface area contributed by atoms with Gasteiger partial charge in [0.2, 0.25) is 5.91 Å². The molecule has 1 saturated carbocycles. The van der Waals surface area contributed by atoms with Gasteiger partial charge in [-0.15, -0.1) is 0 Å². The molecule has 0 bridgehead atoms. The molecule has 3 aliphatic rings. The highest BCUT2D eigenvalue weighted by Crippen LogP contribution is 2.38. The molecule has 1 spiro atoms. The van der Waals surface area contributed by atoms with Gasteiger partial charge in [-0.3, -0.25) is 14.5 Å². The number of imide groups is 1. The molecule has 2 atom stereocenters. The van der Waals surface area contributed by atoms with Crippen molar-refractivity contribution >= 4 is 17.8 Å². The fourth-order valence-corrected chi connectivity index (χ4v) is 5.09. The zero-order chi connectivity index (χ0) is 20.6. The van der Waals surface area contributed by atoms with Gasteiger partial charge in [0.25, 0.3) is 5.91 Å². The maximum absolute atomic E-state index is 13.0. The fraction of sp³-hybridized carbons (Fsp3) is 0.591. The molecule has 0 unspecified atom stereocenters. The highest BCUT2D eigenvalue weighted by atomic mass is 16.3. The maximum Gasteiger partial charge on any atom is 0.327 e. The van der Waals surface area contributed by atoms with Crippen LogP contribution >= 0.6 is 0 Å². The van der Waals surface area contributed by atoms with Crippen molar-refractivity contribution in [2.75, 3.05) is 20.1 Å². The number of hydrogen-bond acceptors (Lipinski definition) is 4. The van der Waals surface area contributed by atoms with Crippen LogP contribution in [0.25, 0.3) is 0 Å². The Kier molecular flexibility index (Phi) is 5.34. The van der Waals surface area contributed by atoms with Crippen molar-refractivity contribution in [3.05, 3.63) is 35.9 Å². The first-order valence-corrected chi connectivity index (χ1v) is 10.5. The van der Waals surface area contributed by atoms with Crippen molar-refractivity contribution in [2.24, 2.45) is 5.92 Å². The molecule has 0 radical (unpaired) electrons. The predicted octanol–water partition coefficient (Wildman–Crippen LogP) is 1.99. The summed E-state index contributed by atoms with van der Waals surface area (Å²) in [6.07, 6.45) is 3.50. The van der Waals surface area contributed by atoms with E-state index in [4.69, 9.17) is 0 Å². The van der Waals surface area contributed by atoms with Gasteiger partial charge < -0.3 is 14.9 Å². The second-order valence-electron chi connectivity index (χ2n) is 8.59. The van der Waals surface area contributed by atoms with Crippen LogP contribution < -0.4 is 0 Å². The molecule has 2 saturated heterocycles. The van der Waals surface area contributed by atoms with Gasteiger partial charge >= 0.3 is 6.03 Å². The van der Waals surface area contributed by atoms with Gasteiger partial charge in [0.1, 0.15) is 5.54 Å². The Balaban J connectivity index is 1.49. The lowest BCUT2D eigenvalue weighted by atomic mass is 9.83. The number of carbonyl (C=O) groups is 3. The zero-order valence-electron chi connectivity index (χ0n) is 16.9. The zero-order valence-corrected chi connectivity index (χ0v) is 16.9. The highest BCUT2D eigenvalue weighted by Gasteiger charge is 2.57. The van der Waals surface area contributed by atoms with Crippen LogP contribution in [-0.4, -0.2) is 69.4 Å². The van der Waals surface area contributed by atoms with Crippen LogP contribution in [-0.2, 0) is 16.1 Å². The van der Waals surface area contributed by atoms with Crippen LogP contribution in [0.5, 0.6) is 0 Å². The van der Waals surface area contributed by atoms with Crippen molar-refractivity contribution in [1.29, 1.82) is 0 Å². The van der Waals surface area contributed by atoms with E-state index in [0.29, 0.717) is 38.9 Å². The lowest BCUT2D eigenvalue weighted by molar-refractivity contribution is -0.144. The summed E-state index contributed by atoms with van der Waals surface area (Å²) in [7, 11) is 1.54. The molecule has 7 heteroatoms. The summed E-state index contributed by atoms with van der Waals surface area (Å²) in [5.41, 5.74) is 0.114. The number of aliphatic hydroxyl groups excluding tert-OH is 1. The molecule has 4 amide bonds. The number of carbonyl (C=O) groups excluding carboxylic acids is 3. The molecule has 2 aliphatic heterocycles. The SMILES string of the molecule is CN1C(=O)N(Cc2ccccc2)C2(CCN(C(=O)[C@H]3CCC[C@H](O)C3)CC2)C1=O. The van der Waals surface area contributed by atoms with Crippen LogP contribution in [0.15, 0.2) is 30.3 Å². The molecular formula is C22H29N3O4. The van der Waals surface area contributed by atoms with Gasteiger partial charge in [0.15, 0.2) is 0 Å². The average molecular weight is 399 g/mol. The lowest BCUT2D eigenvalue weighted by Crippen LogP contribution is -2.57. The first kappa shape index (κ1) is 19.9. The van der Waals surface area contributed by atoms with Crippen LogP contribution in [0.3, 0.4) is 0 Å². The third kappa shape index (κ3) is 3.52. The third-order valence-corrected chi connectivity index (χ3v) is 6.82. The summed E-state index contributed by atoms with van der Waals surface area (Å²) in [4.78, 5) is 43.5. The minimum atomic E-state index is -0.871. The number of urea groups is 1. The largest absolute Gasteiger partial charge is 0.393 e.